The van der Waals surface area contributed by atoms with Gasteiger partial charge in [0.15, 0.2) is 0 Å². The highest BCUT2D eigenvalue weighted by atomic mass is 19.4. The van der Waals surface area contributed by atoms with Crippen molar-refractivity contribution in [1.82, 2.24) is 0 Å². The fraction of sp³-hybridized carbons (Fsp3) is 0.600. The molecule has 1 aromatic carbocycles. The van der Waals surface area contributed by atoms with Gasteiger partial charge < -0.3 is 14.7 Å². The first-order valence-corrected chi connectivity index (χ1v) is 7.00. The summed E-state index contributed by atoms with van der Waals surface area (Å²) in [4.78, 5) is 1.77. The minimum atomic E-state index is -4.42. The van der Waals surface area contributed by atoms with Gasteiger partial charge in [0.2, 0.25) is 0 Å². The maximum Gasteiger partial charge on any atom is 0.418 e. The Kier molecular flexibility index (Phi) is 5.11. The summed E-state index contributed by atoms with van der Waals surface area (Å²) in [5.74, 6) is 0.252. The summed E-state index contributed by atoms with van der Waals surface area (Å²) < 4.78 is 44.8. The van der Waals surface area contributed by atoms with E-state index in [1.165, 1.54) is 6.07 Å². The number of nitrogens with zero attached hydrogens (tertiary/aromatic N) is 1. The molecule has 2 rings (SSSR count). The van der Waals surface area contributed by atoms with E-state index in [4.69, 9.17) is 9.84 Å². The molecule has 0 bridgehead atoms. The summed E-state index contributed by atoms with van der Waals surface area (Å²) in [5, 5.41) is 9.04. The van der Waals surface area contributed by atoms with E-state index in [2.05, 4.69) is 0 Å². The molecule has 0 radical (unpaired) electrons. The van der Waals surface area contributed by atoms with Gasteiger partial charge >= 0.3 is 6.18 Å². The lowest BCUT2D eigenvalue weighted by atomic mass is 9.97. The van der Waals surface area contributed by atoms with Crippen molar-refractivity contribution in [2.24, 2.45) is 5.92 Å². The van der Waals surface area contributed by atoms with Crippen LogP contribution in [0.3, 0.4) is 0 Å². The monoisotopic (exact) mass is 303 g/mol. The van der Waals surface area contributed by atoms with Gasteiger partial charge in [-0.15, -0.1) is 0 Å². The number of benzene rings is 1. The van der Waals surface area contributed by atoms with E-state index in [9.17, 15) is 13.2 Å². The van der Waals surface area contributed by atoms with Crippen molar-refractivity contribution in [3.05, 3.63) is 29.3 Å². The van der Waals surface area contributed by atoms with Crippen LogP contribution in [0.1, 0.15) is 24.0 Å². The summed E-state index contributed by atoms with van der Waals surface area (Å²) in [6.45, 7) is 1.35. The number of hydrogen-bond donors (Lipinski definition) is 1. The zero-order valence-corrected chi connectivity index (χ0v) is 12.0. The molecule has 21 heavy (non-hydrogen) atoms. The molecule has 0 aliphatic carbocycles. The summed E-state index contributed by atoms with van der Waals surface area (Å²) in [7, 11) is 1.61. The van der Waals surface area contributed by atoms with Crippen molar-refractivity contribution >= 4 is 5.69 Å². The van der Waals surface area contributed by atoms with Crippen molar-refractivity contribution in [3.8, 4) is 0 Å². The number of aliphatic hydroxyl groups excluding tert-OH is 1. The molecule has 1 unspecified atom stereocenters. The van der Waals surface area contributed by atoms with Crippen LogP contribution >= 0.6 is 0 Å². The van der Waals surface area contributed by atoms with Crippen LogP contribution in [0.15, 0.2) is 18.2 Å². The molecule has 6 heteroatoms. The SMILES string of the molecule is COCC1CCCN(c2ccc(CO)cc2C(F)(F)F)C1. The average Bonchev–Trinajstić information content (AvgIpc) is 2.46. The number of rotatable bonds is 4. The first kappa shape index (κ1) is 16.1. The van der Waals surface area contributed by atoms with Gasteiger partial charge in [0, 0.05) is 25.9 Å². The van der Waals surface area contributed by atoms with Crippen LogP contribution in [0.2, 0.25) is 0 Å². The molecule has 1 aliphatic rings. The molecule has 3 nitrogen and oxygen atoms in total. The summed E-state index contributed by atoms with van der Waals surface area (Å²) in [6, 6.07) is 4.04. The standard InChI is InChI=1S/C15H20F3NO2/c1-21-10-12-3-2-6-19(8-12)14-5-4-11(9-20)7-13(14)15(16,17)18/h4-5,7,12,20H,2-3,6,8-10H2,1H3. The Bertz CT molecular complexity index is 474. The first-order valence-electron chi connectivity index (χ1n) is 7.00. The van der Waals surface area contributed by atoms with E-state index in [1.54, 1.807) is 18.1 Å². The molecule has 0 spiro atoms. The zero-order chi connectivity index (χ0) is 15.5. The summed E-state index contributed by atoms with van der Waals surface area (Å²) in [6.07, 6.45) is -2.60. The van der Waals surface area contributed by atoms with E-state index < -0.39 is 18.3 Å². The van der Waals surface area contributed by atoms with Crippen molar-refractivity contribution in [1.29, 1.82) is 0 Å². The van der Waals surface area contributed by atoms with Crippen LogP contribution in [-0.4, -0.2) is 31.9 Å². The maximum absolute atomic E-state index is 13.2. The fourth-order valence-corrected chi connectivity index (χ4v) is 2.84. The third-order valence-corrected chi connectivity index (χ3v) is 3.81. The molecule has 0 aromatic heterocycles. The number of anilines is 1. The number of methoxy groups -OCH3 is 1. The molecule has 1 heterocycles. The molecule has 118 valence electrons. The largest absolute Gasteiger partial charge is 0.418 e. The Balaban J connectivity index is 2.29. The summed E-state index contributed by atoms with van der Waals surface area (Å²) >= 11 is 0. The molecular weight excluding hydrogens is 283 g/mol. The van der Waals surface area contributed by atoms with Gasteiger partial charge in [0.25, 0.3) is 0 Å². The Morgan fingerprint density at radius 3 is 2.76 bits per heavy atom. The second-order valence-electron chi connectivity index (χ2n) is 5.42. The Labute approximate surface area is 122 Å². The topological polar surface area (TPSA) is 32.7 Å². The van der Waals surface area contributed by atoms with Crippen LogP contribution in [0, 0.1) is 5.92 Å². The smallest absolute Gasteiger partial charge is 0.392 e. The van der Waals surface area contributed by atoms with E-state index in [-0.39, 0.29) is 17.2 Å². The minimum absolute atomic E-state index is 0.195. The normalized spacial score (nSPS) is 19.9. The predicted molar refractivity (Wildman–Crippen MR) is 74.2 cm³/mol. The lowest BCUT2D eigenvalue weighted by molar-refractivity contribution is -0.137. The molecule has 1 fully saturated rings. The van der Waals surface area contributed by atoms with E-state index in [1.807, 2.05) is 0 Å². The lowest BCUT2D eigenvalue weighted by Gasteiger charge is -2.35. The van der Waals surface area contributed by atoms with Crippen LogP contribution in [-0.2, 0) is 17.5 Å². The molecule has 1 aromatic rings. The van der Waals surface area contributed by atoms with Crippen LogP contribution in [0.25, 0.3) is 0 Å². The minimum Gasteiger partial charge on any atom is -0.392 e. The Morgan fingerprint density at radius 1 is 1.38 bits per heavy atom. The quantitative estimate of drug-likeness (QED) is 0.928. The molecule has 1 aliphatic heterocycles. The zero-order valence-electron chi connectivity index (χ0n) is 12.0. The van der Waals surface area contributed by atoms with E-state index in [0.29, 0.717) is 19.7 Å². The van der Waals surface area contributed by atoms with E-state index >= 15 is 0 Å². The molecule has 1 N–H and O–H groups in total. The number of ether oxygens (including phenoxy) is 1. The fourth-order valence-electron chi connectivity index (χ4n) is 2.84. The van der Waals surface area contributed by atoms with Crippen molar-refractivity contribution in [3.63, 3.8) is 0 Å². The maximum atomic E-state index is 13.2. The second kappa shape index (κ2) is 6.66. The number of hydrogen-bond acceptors (Lipinski definition) is 3. The van der Waals surface area contributed by atoms with Crippen molar-refractivity contribution in [2.75, 3.05) is 31.7 Å². The van der Waals surface area contributed by atoms with Gasteiger partial charge in [-0.2, -0.15) is 13.2 Å². The van der Waals surface area contributed by atoms with Crippen molar-refractivity contribution < 1.29 is 23.0 Å². The molecule has 0 saturated carbocycles. The molecule has 1 atom stereocenters. The number of aliphatic hydroxyl groups is 1. The third-order valence-electron chi connectivity index (χ3n) is 3.81. The van der Waals surface area contributed by atoms with Gasteiger partial charge in [-0.3, -0.25) is 0 Å². The Hall–Kier alpha value is -1.27. The van der Waals surface area contributed by atoms with Gasteiger partial charge in [0.05, 0.1) is 18.8 Å². The number of alkyl halides is 3. The molecule has 1 saturated heterocycles. The van der Waals surface area contributed by atoms with Gasteiger partial charge in [-0.05, 0) is 36.5 Å². The van der Waals surface area contributed by atoms with Crippen LogP contribution in [0.4, 0.5) is 18.9 Å². The number of piperidine rings is 1. The molecule has 0 amide bonds. The highest BCUT2D eigenvalue weighted by Gasteiger charge is 2.36. The molecular formula is C15H20F3NO2. The predicted octanol–water partition coefficient (Wildman–Crippen LogP) is 3.06. The first-order chi connectivity index (χ1) is 9.95. The second-order valence-corrected chi connectivity index (χ2v) is 5.42. The van der Waals surface area contributed by atoms with Gasteiger partial charge in [-0.1, -0.05) is 6.07 Å². The number of halogens is 3. The average molecular weight is 303 g/mol. The highest BCUT2D eigenvalue weighted by molar-refractivity contribution is 5.56. The van der Waals surface area contributed by atoms with Gasteiger partial charge in [0.1, 0.15) is 0 Å². The van der Waals surface area contributed by atoms with Gasteiger partial charge in [-0.25, -0.2) is 0 Å². The highest BCUT2D eigenvalue weighted by Crippen LogP contribution is 2.38. The van der Waals surface area contributed by atoms with Crippen molar-refractivity contribution in [2.45, 2.75) is 25.6 Å². The Morgan fingerprint density at radius 2 is 2.14 bits per heavy atom. The van der Waals surface area contributed by atoms with Crippen LogP contribution < -0.4 is 4.90 Å². The third kappa shape index (κ3) is 3.89. The van der Waals surface area contributed by atoms with E-state index in [0.717, 1.165) is 18.9 Å². The summed E-state index contributed by atoms with van der Waals surface area (Å²) in [5.41, 5.74) is -0.204. The lowest BCUT2D eigenvalue weighted by Crippen LogP contribution is -2.38. The van der Waals surface area contributed by atoms with Crippen LogP contribution in [0.5, 0.6) is 0 Å².